The number of rotatable bonds is 53. The molecule has 420 valence electrons. The van der Waals surface area contributed by atoms with Crippen LogP contribution in [-0.4, -0.2) is 70.0 Å². The summed E-state index contributed by atoms with van der Waals surface area (Å²) in [6.45, 7) is 4.11. The molecule has 2 atom stereocenters. The first-order valence-electron chi connectivity index (χ1n) is 29.4. The normalized spacial score (nSPS) is 14.0. The Hall–Kier alpha value is -3.07. The van der Waals surface area contributed by atoms with Crippen LogP contribution >= 0.6 is 7.82 Å². The highest BCUT2D eigenvalue weighted by molar-refractivity contribution is 7.45. The molecule has 0 spiro atoms. The van der Waals surface area contributed by atoms with E-state index >= 15 is 0 Å². The molecular weight excluding hydrogens is 930 g/mol. The fourth-order valence-corrected chi connectivity index (χ4v) is 8.58. The number of hydrogen-bond acceptors (Lipinski definition) is 8. The average molecular weight is 1040 g/mol. The number of quaternary nitrogens is 1. The van der Waals surface area contributed by atoms with E-state index in [0.717, 1.165) is 96.3 Å². The molecule has 0 bridgehead atoms. The first-order chi connectivity index (χ1) is 35.5. The zero-order valence-corrected chi connectivity index (χ0v) is 48.4. The van der Waals surface area contributed by atoms with E-state index in [1.807, 2.05) is 21.1 Å². The van der Waals surface area contributed by atoms with Gasteiger partial charge in [0.1, 0.15) is 19.8 Å². The van der Waals surface area contributed by atoms with Crippen LogP contribution < -0.4 is 4.89 Å². The van der Waals surface area contributed by atoms with Gasteiger partial charge < -0.3 is 27.9 Å². The smallest absolute Gasteiger partial charge is 0.306 e. The van der Waals surface area contributed by atoms with Gasteiger partial charge in [-0.3, -0.25) is 14.2 Å². The van der Waals surface area contributed by atoms with Crippen molar-refractivity contribution >= 4 is 19.8 Å². The van der Waals surface area contributed by atoms with Crippen LogP contribution in [0.15, 0.2) is 97.2 Å². The van der Waals surface area contributed by atoms with Crippen LogP contribution in [0.25, 0.3) is 0 Å². The summed E-state index contributed by atoms with van der Waals surface area (Å²) in [5.74, 6) is -0.861. The largest absolute Gasteiger partial charge is 0.756 e. The average Bonchev–Trinajstić information content (AvgIpc) is 3.35. The van der Waals surface area contributed by atoms with Gasteiger partial charge in [0.25, 0.3) is 7.82 Å². The second-order valence-electron chi connectivity index (χ2n) is 20.6. The van der Waals surface area contributed by atoms with E-state index in [1.54, 1.807) is 0 Å². The number of allylic oxidation sites excluding steroid dienone is 16. The molecule has 0 rings (SSSR count). The number of hydrogen-bond donors (Lipinski definition) is 0. The van der Waals surface area contributed by atoms with Gasteiger partial charge in [-0.25, -0.2) is 0 Å². The lowest BCUT2D eigenvalue weighted by atomic mass is 10.0. The van der Waals surface area contributed by atoms with Crippen molar-refractivity contribution < 1.29 is 42.1 Å². The highest BCUT2D eigenvalue weighted by Gasteiger charge is 2.21. The Morgan fingerprint density at radius 1 is 0.438 bits per heavy atom. The van der Waals surface area contributed by atoms with Crippen LogP contribution in [0, 0.1) is 0 Å². The van der Waals surface area contributed by atoms with Gasteiger partial charge in [0.2, 0.25) is 0 Å². The van der Waals surface area contributed by atoms with Crippen LogP contribution in [0.2, 0.25) is 0 Å². The van der Waals surface area contributed by atoms with Gasteiger partial charge in [-0.2, -0.15) is 0 Å². The Labute approximate surface area is 449 Å². The van der Waals surface area contributed by atoms with Gasteiger partial charge in [-0.15, -0.1) is 0 Å². The van der Waals surface area contributed by atoms with Gasteiger partial charge in [0.15, 0.2) is 6.10 Å². The zero-order valence-electron chi connectivity index (χ0n) is 47.6. The predicted molar refractivity (Wildman–Crippen MR) is 309 cm³/mol. The number of phosphoric ester groups is 1. The minimum Gasteiger partial charge on any atom is -0.756 e. The number of esters is 2. The number of carbonyl (C=O) groups is 2. The third-order valence-corrected chi connectivity index (χ3v) is 13.3. The summed E-state index contributed by atoms with van der Waals surface area (Å²) in [5, 5.41) is 0. The number of ether oxygens (including phenoxy) is 2. The second kappa shape index (κ2) is 53.7. The molecule has 10 heteroatoms. The van der Waals surface area contributed by atoms with E-state index in [9.17, 15) is 19.0 Å². The lowest BCUT2D eigenvalue weighted by Gasteiger charge is -2.28. The monoisotopic (exact) mass is 1040 g/mol. The first kappa shape index (κ1) is 69.9. The molecule has 0 amide bonds. The van der Waals surface area contributed by atoms with Crippen molar-refractivity contribution in [1.29, 1.82) is 0 Å². The van der Waals surface area contributed by atoms with Crippen molar-refractivity contribution in [3.63, 3.8) is 0 Å². The fraction of sp³-hybridized carbons (Fsp3) is 0.714. The summed E-state index contributed by atoms with van der Waals surface area (Å²) in [6, 6.07) is 0. The number of phosphoric acid groups is 1. The minimum absolute atomic E-state index is 0.0399. The summed E-state index contributed by atoms with van der Waals surface area (Å²) in [7, 11) is 1.14. The maximum Gasteiger partial charge on any atom is 0.306 e. The Kier molecular flexibility index (Phi) is 51.5. The molecule has 0 aromatic heterocycles. The molecule has 0 radical (unpaired) electrons. The molecule has 0 aliphatic carbocycles. The number of nitrogens with zero attached hydrogens (tertiary/aromatic N) is 1. The van der Waals surface area contributed by atoms with E-state index in [4.69, 9.17) is 18.5 Å². The van der Waals surface area contributed by atoms with Crippen LogP contribution in [0.5, 0.6) is 0 Å². The zero-order chi connectivity index (χ0) is 53.5. The van der Waals surface area contributed by atoms with Crippen molar-refractivity contribution in [2.24, 2.45) is 0 Å². The highest BCUT2D eigenvalue weighted by Crippen LogP contribution is 2.38. The maximum atomic E-state index is 12.8. The van der Waals surface area contributed by atoms with Crippen LogP contribution in [0.4, 0.5) is 0 Å². The van der Waals surface area contributed by atoms with Gasteiger partial charge in [-0.1, -0.05) is 246 Å². The van der Waals surface area contributed by atoms with Crippen LogP contribution in [-0.2, 0) is 32.7 Å². The molecule has 0 aliphatic heterocycles. The lowest BCUT2D eigenvalue weighted by molar-refractivity contribution is -0.870. The molecule has 0 fully saturated rings. The Morgan fingerprint density at radius 2 is 0.781 bits per heavy atom. The van der Waals surface area contributed by atoms with E-state index in [0.29, 0.717) is 17.4 Å². The quantitative estimate of drug-likeness (QED) is 0.0195. The lowest BCUT2D eigenvalue weighted by Crippen LogP contribution is -2.37. The molecule has 0 N–H and O–H groups in total. The Bertz CT molecular complexity index is 1550. The van der Waals surface area contributed by atoms with Crippen molar-refractivity contribution in [2.45, 2.75) is 245 Å². The summed E-state index contributed by atoms with van der Waals surface area (Å²) < 4.78 is 34.1. The number of carbonyl (C=O) groups excluding carboxylic acids is 2. The molecule has 0 aromatic rings. The maximum absolute atomic E-state index is 12.8. The topological polar surface area (TPSA) is 111 Å². The molecule has 0 saturated carbocycles. The third-order valence-electron chi connectivity index (χ3n) is 12.4. The summed E-state index contributed by atoms with van der Waals surface area (Å²) in [4.78, 5) is 37.9. The Morgan fingerprint density at radius 3 is 1.16 bits per heavy atom. The third kappa shape index (κ3) is 58.1. The van der Waals surface area contributed by atoms with Gasteiger partial charge in [0, 0.05) is 12.8 Å². The number of unbranched alkanes of at least 4 members (excludes halogenated alkanes) is 23. The highest BCUT2D eigenvalue weighted by atomic mass is 31.2. The second-order valence-corrected chi connectivity index (χ2v) is 22.0. The Balaban J connectivity index is 4.25. The molecule has 2 unspecified atom stereocenters. The SMILES string of the molecule is CC/C=C\C/C=C\C/C=C\C/C=C\C/C=C\C/C=C\C/C=C\C/C=C\CCCCCCC(=O)OC(COC(=O)CCCCCCCCCCCCCCCCCCCCCC)COP(=O)([O-])OCC[N+](C)(C)C. The van der Waals surface area contributed by atoms with Gasteiger partial charge in [-0.05, 0) is 77.0 Å². The van der Waals surface area contributed by atoms with Crippen molar-refractivity contribution in [3.05, 3.63) is 97.2 Å². The van der Waals surface area contributed by atoms with Crippen molar-refractivity contribution in [3.8, 4) is 0 Å². The van der Waals surface area contributed by atoms with Crippen LogP contribution in [0.3, 0.4) is 0 Å². The predicted octanol–water partition coefficient (Wildman–Crippen LogP) is 17.8. The molecule has 73 heavy (non-hydrogen) atoms. The fourth-order valence-electron chi connectivity index (χ4n) is 7.85. The summed E-state index contributed by atoms with van der Waals surface area (Å²) in [5.41, 5.74) is 0. The van der Waals surface area contributed by atoms with Crippen molar-refractivity contribution in [2.75, 3.05) is 47.5 Å². The summed E-state index contributed by atoms with van der Waals surface area (Å²) in [6.07, 6.45) is 73.1. The molecule has 0 aliphatic rings. The first-order valence-corrected chi connectivity index (χ1v) is 30.9. The van der Waals surface area contributed by atoms with Gasteiger partial charge >= 0.3 is 11.9 Å². The standard InChI is InChI=1S/C63H110NO8P/c1-6-8-10-12-14-16-18-20-22-24-26-28-29-30-31-32-33-34-35-36-38-40-42-44-46-48-50-52-54-56-63(66)72-61(60-71-73(67,68)70-58-57-64(3,4)5)59-69-62(65)55-53-51-49-47-45-43-41-39-37-27-25-23-21-19-17-15-13-11-9-7-2/h8,10,14,16,20,22,26,28,30-31,33-34,36,38,42,44,61H,6-7,9,11-13,15,17-19,21,23-25,27,29,32,35,37,39-41,43,45-60H2,1-5H3/b10-8-,16-14-,22-20-,28-26-,31-30-,34-33-,38-36-,44-42-. The van der Waals surface area contributed by atoms with Crippen LogP contribution in [0.1, 0.15) is 239 Å². The molecule has 0 aromatic carbocycles. The minimum atomic E-state index is -4.65. The summed E-state index contributed by atoms with van der Waals surface area (Å²) >= 11 is 0. The number of likely N-dealkylation sites (N-methyl/N-ethyl adjacent to an activating group) is 1. The van der Waals surface area contributed by atoms with E-state index < -0.39 is 26.5 Å². The van der Waals surface area contributed by atoms with E-state index in [2.05, 4.69) is 111 Å². The van der Waals surface area contributed by atoms with Gasteiger partial charge in [0.05, 0.1) is 27.7 Å². The van der Waals surface area contributed by atoms with E-state index in [1.165, 1.54) is 109 Å². The molecule has 0 heterocycles. The van der Waals surface area contributed by atoms with E-state index in [-0.39, 0.29) is 32.0 Å². The molecule has 9 nitrogen and oxygen atoms in total. The molecule has 0 saturated heterocycles. The molecular formula is C63H110NO8P. The van der Waals surface area contributed by atoms with Crippen molar-refractivity contribution in [1.82, 2.24) is 0 Å².